The van der Waals surface area contributed by atoms with Crippen LogP contribution in [0, 0.1) is 10.1 Å². The Bertz CT molecular complexity index is 1060. The van der Waals surface area contributed by atoms with E-state index in [9.17, 15) is 29.3 Å². The van der Waals surface area contributed by atoms with E-state index in [1.165, 1.54) is 25.1 Å². The van der Waals surface area contributed by atoms with Crippen molar-refractivity contribution in [3.63, 3.8) is 0 Å². The monoisotopic (exact) mass is 383 g/mol. The van der Waals surface area contributed by atoms with Gasteiger partial charge in [0.15, 0.2) is 11.9 Å². The molecule has 0 fully saturated rings. The molecule has 0 saturated carbocycles. The average Bonchev–Trinajstić information content (AvgIpc) is 2.69. The molecule has 0 spiro atoms. The maximum Gasteiger partial charge on any atom is 0.346 e. The summed E-state index contributed by atoms with van der Waals surface area (Å²) >= 11 is 0. The molecule has 0 N–H and O–H groups in total. The van der Waals surface area contributed by atoms with Gasteiger partial charge in [-0.1, -0.05) is 24.3 Å². The number of ether oxygens (including phenoxy) is 2. The summed E-state index contributed by atoms with van der Waals surface area (Å²) < 4.78 is 9.33. The Hall–Kier alpha value is -3.88. The highest BCUT2D eigenvalue weighted by molar-refractivity contribution is 6.30. The van der Waals surface area contributed by atoms with E-state index in [-0.39, 0.29) is 16.7 Å². The molecular formula is C19H13NO8. The van der Waals surface area contributed by atoms with Gasteiger partial charge in [-0.15, -0.1) is 0 Å². The normalized spacial score (nSPS) is 13.2. The van der Waals surface area contributed by atoms with Crippen LogP contribution in [0.1, 0.15) is 49.1 Å². The van der Waals surface area contributed by atoms with Crippen molar-refractivity contribution in [2.45, 2.75) is 13.0 Å². The molecule has 0 heterocycles. The predicted octanol–water partition coefficient (Wildman–Crippen LogP) is 2.09. The Kier molecular flexibility index (Phi) is 4.74. The number of nitrogens with zero attached hydrogens (tertiary/aromatic N) is 1. The first-order valence-electron chi connectivity index (χ1n) is 8.06. The van der Waals surface area contributed by atoms with Gasteiger partial charge in [0, 0.05) is 16.7 Å². The van der Waals surface area contributed by atoms with Gasteiger partial charge in [-0.05, 0) is 19.1 Å². The minimum absolute atomic E-state index is 0.0107. The standard InChI is InChI=1S/C19H13NO8/c1-9(18(23)27-2)28-19(24)13-8-7-12-14(15(13)20(25)26)17(22)11-6-4-3-5-10(11)16(12)21/h3-9H,1-2H3/t9-/m0/s1. The molecule has 9 nitrogen and oxygen atoms in total. The second-order valence-corrected chi connectivity index (χ2v) is 5.92. The number of carbonyl (C=O) groups excluding carboxylic acids is 4. The first-order chi connectivity index (χ1) is 13.3. The van der Waals surface area contributed by atoms with Crippen molar-refractivity contribution in [1.29, 1.82) is 0 Å². The third kappa shape index (κ3) is 2.92. The van der Waals surface area contributed by atoms with Crippen LogP contribution < -0.4 is 0 Å². The summed E-state index contributed by atoms with van der Waals surface area (Å²) in [6.07, 6.45) is -1.31. The molecule has 2 aromatic carbocycles. The van der Waals surface area contributed by atoms with Crippen molar-refractivity contribution < 1.29 is 33.6 Å². The van der Waals surface area contributed by atoms with E-state index in [4.69, 9.17) is 4.74 Å². The molecule has 1 aliphatic rings. The van der Waals surface area contributed by atoms with Gasteiger partial charge in [0.1, 0.15) is 11.1 Å². The maximum absolute atomic E-state index is 12.8. The van der Waals surface area contributed by atoms with E-state index >= 15 is 0 Å². The van der Waals surface area contributed by atoms with E-state index in [1.54, 1.807) is 6.07 Å². The third-order valence-electron chi connectivity index (χ3n) is 4.29. The number of rotatable bonds is 4. The van der Waals surface area contributed by atoms with E-state index in [2.05, 4.69) is 4.74 Å². The Morgan fingerprint density at radius 1 is 1.00 bits per heavy atom. The molecule has 0 amide bonds. The third-order valence-corrected chi connectivity index (χ3v) is 4.29. The van der Waals surface area contributed by atoms with Crippen molar-refractivity contribution in [3.8, 4) is 0 Å². The maximum atomic E-state index is 12.8. The Labute approximate surface area is 158 Å². The average molecular weight is 383 g/mol. The Balaban J connectivity index is 2.15. The van der Waals surface area contributed by atoms with Crippen molar-refractivity contribution >= 4 is 29.2 Å². The number of hydrogen-bond acceptors (Lipinski definition) is 8. The van der Waals surface area contributed by atoms with Crippen molar-refractivity contribution in [2.75, 3.05) is 7.11 Å². The molecule has 0 aromatic heterocycles. The zero-order valence-electron chi connectivity index (χ0n) is 14.8. The molecule has 2 aromatic rings. The lowest BCUT2D eigenvalue weighted by atomic mass is 9.82. The lowest BCUT2D eigenvalue weighted by Crippen LogP contribution is -2.27. The molecule has 1 atom stereocenters. The molecule has 9 heteroatoms. The molecule has 1 aliphatic carbocycles. The molecular weight excluding hydrogens is 370 g/mol. The molecule has 0 aliphatic heterocycles. The summed E-state index contributed by atoms with van der Waals surface area (Å²) in [5.74, 6) is -3.34. The zero-order chi connectivity index (χ0) is 20.6. The van der Waals surface area contributed by atoms with Crippen LogP contribution in [-0.2, 0) is 14.3 Å². The number of esters is 2. The summed E-state index contributed by atoms with van der Waals surface area (Å²) in [4.78, 5) is 60.1. The number of fused-ring (bicyclic) bond motifs is 2. The molecule has 0 bridgehead atoms. The number of hydrogen-bond donors (Lipinski definition) is 0. The predicted molar refractivity (Wildman–Crippen MR) is 93.3 cm³/mol. The number of benzene rings is 2. The van der Waals surface area contributed by atoms with Gasteiger partial charge < -0.3 is 9.47 Å². The number of nitro groups is 1. The summed E-state index contributed by atoms with van der Waals surface area (Å²) in [6, 6.07) is 8.12. The number of nitro benzene ring substituents is 1. The minimum Gasteiger partial charge on any atom is -0.466 e. The van der Waals surface area contributed by atoms with Gasteiger partial charge in [-0.2, -0.15) is 0 Å². The van der Waals surface area contributed by atoms with E-state index in [0.29, 0.717) is 0 Å². The van der Waals surface area contributed by atoms with Crippen molar-refractivity contribution in [1.82, 2.24) is 0 Å². The Morgan fingerprint density at radius 3 is 2.18 bits per heavy atom. The summed E-state index contributed by atoms with van der Waals surface area (Å²) in [7, 11) is 1.09. The SMILES string of the molecule is COC(=O)[C@H](C)OC(=O)c1ccc2c(c1[N+](=O)[O-])C(=O)c1ccccc1C2=O. The van der Waals surface area contributed by atoms with Crippen molar-refractivity contribution in [3.05, 3.63) is 74.3 Å². The number of methoxy groups -OCH3 is 1. The van der Waals surface area contributed by atoms with Gasteiger partial charge >= 0.3 is 11.9 Å². The van der Waals surface area contributed by atoms with Gasteiger partial charge in [-0.3, -0.25) is 19.7 Å². The van der Waals surface area contributed by atoms with Crippen LogP contribution in [0.4, 0.5) is 5.69 Å². The molecule has 3 rings (SSSR count). The fourth-order valence-corrected chi connectivity index (χ4v) is 2.96. The first kappa shape index (κ1) is 18.9. The highest BCUT2D eigenvalue weighted by Crippen LogP contribution is 2.35. The summed E-state index contributed by atoms with van der Waals surface area (Å²) in [5.41, 5.74) is -1.89. The van der Waals surface area contributed by atoms with E-state index in [1.807, 2.05) is 0 Å². The zero-order valence-corrected chi connectivity index (χ0v) is 14.8. The highest BCUT2D eigenvalue weighted by atomic mass is 16.6. The van der Waals surface area contributed by atoms with Crippen LogP contribution in [0.15, 0.2) is 36.4 Å². The molecule has 0 saturated heterocycles. The fraction of sp³-hybridized carbons (Fsp3) is 0.158. The van der Waals surface area contributed by atoms with Gasteiger partial charge in [0.25, 0.3) is 5.69 Å². The van der Waals surface area contributed by atoms with Gasteiger partial charge in [0.2, 0.25) is 5.78 Å². The van der Waals surface area contributed by atoms with Gasteiger partial charge in [-0.25, -0.2) is 9.59 Å². The Morgan fingerprint density at radius 2 is 1.61 bits per heavy atom. The van der Waals surface area contributed by atoms with Crippen molar-refractivity contribution in [2.24, 2.45) is 0 Å². The first-order valence-corrected chi connectivity index (χ1v) is 8.06. The van der Waals surface area contributed by atoms with Crippen LogP contribution in [0.3, 0.4) is 0 Å². The lowest BCUT2D eigenvalue weighted by Gasteiger charge is -2.18. The second-order valence-electron chi connectivity index (χ2n) is 5.92. The highest BCUT2D eigenvalue weighted by Gasteiger charge is 2.39. The van der Waals surface area contributed by atoms with E-state index in [0.717, 1.165) is 19.2 Å². The largest absolute Gasteiger partial charge is 0.466 e. The molecule has 0 radical (unpaired) electrons. The van der Waals surface area contributed by atoms with Gasteiger partial charge in [0.05, 0.1) is 12.0 Å². The van der Waals surface area contributed by atoms with Crippen LogP contribution in [0.2, 0.25) is 0 Å². The smallest absolute Gasteiger partial charge is 0.346 e. The molecule has 28 heavy (non-hydrogen) atoms. The summed E-state index contributed by atoms with van der Waals surface area (Å²) in [6.45, 7) is 1.24. The second kappa shape index (κ2) is 7.03. The summed E-state index contributed by atoms with van der Waals surface area (Å²) in [5, 5.41) is 11.7. The van der Waals surface area contributed by atoms with Crippen LogP contribution in [0.5, 0.6) is 0 Å². The number of ketones is 2. The molecule has 142 valence electrons. The fourth-order valence-electron chi connectivity index (χ4n) is 2.96. The quantitative estimate of drug-likeness (QED) is 0.380. The van der Waals surface area contributed by atoms with Crippen LogP contribution >= 0.6 is 0 Å². The minimum atomic E-state index is -1.31. The topological polar surface area (TPSA) is 130 Å². The van der Waals surface area contributed by atoms with Crippen LogP contribution in [0.25, 0.3) is 0 Å². The lowest BCUT2D eigenvalue weighted by molar-refractivity contribution is -0.385. The van der Waals surface area contributed by atoms with Crippen LogP contribution in [-0.4, -0.2) is 41.6 Å². The number of carbonyl (C=O) groups is 4. The van der Waals surface area contributed by atoms with E-state index < -0.39 is 51.3 Å². The molecule has 0 unspecified atom stereocenters.